The van der Waals surface area contributed by atoms with Gasteiger partial charge in [0, 0.05) is 19.1 Å². The first-order valence-electron chi connectivity index (χ1n) is 6.89. The van der Waals surface area contributed by atoms with Gasteiger partial charge in [0.2, 0.25) is 0 Å². The third-order valence-electron chi connectivity index (χ3n) is 3.81. The molecule has 1 aliphatic heterocycles. The Balaban J connectivity index is 2.13. The van der Waals surface area contributed by atoms with Crippen LogP contribution < -0.4 is 0 Å². The van der Waals surface area contributed by atoms with Crippen molar-refractivity contribution in [2.75, 3.05) is 13.1 Å². The Hall–Kier alpha value is -1.80. The first-order valence-corrected chi connectivity index (χ1v) is 6.89. The number of hydrogen-bond donors (Lipinski definition) is 0. The molecule has 1 aromatic carbocycles. The molecule has 0 aromatic heterocycles. The molecule has 0 amide bonds. The van der Waals surface area contributed by atoms with Gasteiger partial charge in [0.1, 0.15) is 0 Å². The van der Waals surface area contributed by atoms with Crippen LogP contribution in [0.3, 0.4) is 0 Å². The molecule has 0 fully saturated rings. The van der Waals surface area contributed by atoms with Crippen LogP contribution >= 0.6 is 0 Å². The summed E-state index contributed by atoms with van der Waals surface area (Å²) in [6.45, 7) is 3.44. The average molecular weight is 294 g/mol. The number of nitriles is 1. The normalized spacial score (nSPS) is 18.0. The van der Waals surface area contributed by atoms with Crippen LogP contribution in [0.5, 0.6) is 0 Å². The second-order valence-corrected chi connectivity index (χ2v) is 5.26. The lowest BCUT2D eigenvalue weighted by Gasteiger charge is -2.30. The van der Waals surface area contributed by atoms with E-state index >= 15 is 0 Å². The number of nitrogens with zero attached hydrogens (tertiary/aromatic N) is 2. The molecular weight excluding hydrogens is 277 g/mol. The van der Waals surface area contributed by atoms with Crippen molar-refractivity contribution in [2.24, 2.45) is 0 Å². The van der Waals surface area contributed by atoms with Gasteiger partial charge in [-0.2, -0.15) is 18.4 Å². The Bertz CT molecular complexity index is 570. The number of hydrogen-bond acceptors (Lipinski definition) is 2. The van der Waals surface area contributed by atoms with Crippen LogP contribution in [0.25, 0.3) is 5.57 Å². The van der Waals surface area contributed by atoms with Gasteiger partial charge in [0.15, 0.2) is 0 Å². The summed E-state index contributed by atoms with van der Waals surface area (Å²) in [5.41, 5.74) is 0.972. The van der Waals surface area contributed by atoms with Crippen LogP contribution in [0, 0.1) is 11.3 Å². The van der Waals surface area contributed by atoms with Crippen molar-refractivity contribution in [2.45, 2.75) is 32.0 Å². The maximum absolute atomic E-state index is 12.7. The molecule has 2 rings (SSSR count). The summed E-state index contributed by atoms with van der Waals surface area (Å²) in [5.74, 6) is 0. The highest BCUT2D eigenvalue weighted by atomic mass is 19.4. The highest BCUT2D eigenvalue weighted by molar-refractivity contribution is 5.67. The molecule has 1 aliphatic rings. The highest BCUT2D eigenvalue weighted by Gasteiger charge is 2.30. The summed E-state index contributed by atoms with van der Waals surface area (Å²) in [6, 6.07) is 7.79. The van der Waals surface area contributed by atoms with E-state index in [-0.39, 0.29) is 6.04 Å². The minimum Gasteiger partial charge on any atom is -0.296 e. The zero-order valence-corrected chi connectivity index (χ0v) is 11.8. The van der Waals surface area contributed by atoms with Crippen molar-refractivity contribution in [1.82, 2.24) is 4.90 Å². The van der Waals surface area contributed by atoms with Gasteiger partial charge < -0.3 is 0 Å². The van der Waals surface area contributed by atoms with Crippen LogP contribution in [0.4, 0.5) is 13.2 Å². The van der Waals surface area contributed by atoms with Gasteiger partial charge in [-0.1, -0.05) is 18.2 Å². The summed E-state index contributed by atoms with van der Waals surface area (Å²) >= 11 is 0. The van der Waals surface area contributed by atoms with Gasteiger partial charge in [0.25, 0.3) is 0 Å². The molecule has 1 heterocycles. The summed E-state index contributed by atoms with van der Waals surface area (Å²) in [7, 11) is 0. The number of benzene rings is 1. The molecule has 0 bridgehead atoms. The van der Waals surface area contributed by atoms with E-state index in [1.54, 1.807) is 6.07 Å². The first kappa shape index (κ1) is 15.6. The Morgan fingerprint density at radius 1 is 1.38 bits per heavy atom. The predicted molar refractivity (Wildman–Crippen MR) is 75.3 cm³/mol. The van der Waals surface area contributed by atoms with Crippen LogP contribution in [-0.4, -0.2) is 24.0 Å². The van der Waals surface area contributed by atoms with Crippen molar-refractivity contribution in [3.05, 3.63) is 41.5 Å². The van der Waals surface area contributed by atoms with Gasteiger partial charge in [-0.15, -0.1) is 0 Å². The van der Waals surface area contributed by atoms with E-state index in [1.807, 2.05) is 13.0 Å². The van der Waals surface area contributed by atoms with Crippen molar-refractivity contribution >= 4 is 5.57 Å². The molecule has 0 saturated heterocycles. The zero-order chi connectivity index (χ0) is 15.5. The van der Waals surface area contributed by atoms with E-state index in [1.165, 1.54) is 12.1 Å². The van der Waals surface area contributed by atoms with E-state index in [9.17, 15) is 13.2 Å². The molecule has 0 spiro atoms. The third kappa shape index (κ3) is 3.85. The first-order chi connectivity index (χ1) is 9.91. The fourth-order valence-electron chi connectivity index (χ4n) is 2.50. The summed E-state index contributed by atoms with van der Waals surface area (Å²) in [6.07, 6.45) is -1.17. The van der Waals surface area contributed by atoms with Crippen molar-refractivity contribution < 1.29 is 13.2 Å². The van der Waals surface area contributed by atoms with Crippen LogP contribution in [0.2, 0.25) is 0 Å². The minimum absolute atomic E-state index is 0.175. The summed E-state index contributed by atoms with van der Waals surface area (Å²) in [4.78, 5) is 2.17. The zero-order valence-electron chi connectivity index (χ0n) is 11.8. The summed E-state index contributed by atoms with van der Waals surface area (Å²) < 4.78 is 38.2. The fourth-order valence-corrected chi connectivity index (χ4v) is 2.50. The molecule has 0 aliphatic carbocycles. The van der Waals surface area contributed by atoms with E-state index in [4.69, 9.17) is 5.26 Å². The van der Waals surface area contributed by atoms with E-state index < -0.39 is 11.7 Å². The molecule has 1 atom stereocenters. The van der Waals surface area contributed by atoms with Crippen molar-refractivity contribution in [3.63, 3.8) is 0 Å². The van der Waals surface area contributed by atoms with E-state index in [0.717, 1.165) is 18.2 Å². The molecule has 0 radical (unpaired) electrons. The lowest BCUT2D eigenvalue weighted by molar-refractivity contribution is -0.137. The van der Waals surface area contributed by atoms with Crippen molar-refractivity contribution in [3.8, 4) is 6.07 Å². The van der Waals surface area contributed by atoms with Gasteiger partial charge in [0.05, 0.1) is 18.1 Å². The minimum atomic E-state index is -4.31. The molecule has 2 nitrogen and oxygen atoms in total. The smallest absolute Gasteiger partial charge is 0.296 e. The van der Waals surface area contributed by atoms with Crippen LogP contribution in [0.1, 0.15) is 30.9 Å². The third-order valence-corrected chi connectivity index (χ3v) is 3.81. The quantitative estimate of drug-likeness (QED) is 0.839. The lowest BCUT2D eigenvalue weighted by atomic mass is 9.97. The Morgan fingerprint density at radius 2 is 2.14 bits per heavy atom. The van der Waals surface area contributed by atoms with Gasteiger partial charge in [-0.25, -0.2) is 0 Å². The predicted octanol–water partition coefficient (Wildman–Crippen LogP) is 4.10. The van der Waals surface area contributed by atoms with Gasteiger partial charge in [-0.05, 0) is 36.6 Å². The molecule has 1 unspecified atom stereocenters. The molecular formula is C16H17F3N2. The van der Waals surface area contributed by atoms with Crippen molar-refractivity contribution in [1.29, 1.82) is 5.26 Å². The largest absolute Gasteiger partial charge is 0.416 e. The van der Waals surface area contributed by atoms with E-state index in [2.05, 4.69) is 11.0 Å². The van der Waals surface area contributed by atoms with Gasteiger partial charge in [-0.3, -0.25) is 4.90 Å². The second kappa shape index (κ2) is 6.31. The molecule has 21 heavy (non-hydrogen) atoms. The Kier molecular flexibility index (Phi) is 4.69. The number of alkyl halides is 3. The van der Waals surface area contributed by atoms with Crippen LogP contribution in [0.15, 0.2) is 30.3 Å². The monoisotopic (exact) mass is 294 g/mol. The fraction of sp³-hybridized carbons (Fsp3) is 0.438. The molecule has 112 valence electrons. The topological polar surface area (TPSA) is 27.0 Å². The average Bonchev–Trinajstić information content (AvgIpc) is 2.47. The van der Waals surface area contributed by atoms with Gasteiger partial charge >= 0.3 is 6.18 Å². The van der Waals surface area contributed by atoms with E-state index in [0.29, 0.717) is 24.9 Å². The maximum Gasteiger partial charge on any atom is 0.416 e. The summed E-state index contributed by atoms with van der Waals surface area (Å²) in [5, 5.41) is 8.71. The lowest BCUT2D eigenvalue weighted by Crippen LogP contribution is -2.36. The molecule has 5 heteroatoms. The highest BCUT2D eigenvalue weighted by Crippen LogP contribution is 2.32. The SMILES string of the molecule is CC(CC#N)N1CC=C(c2cccc(C(F)(F)F)c2)CC1. The maximum atomic E-state index is 12.7. The molecule has 0 saturated carbocycles. The molecule has 1 aromatic rings. The Labute approximate surface area is 122 Å². The molecule has 0 N–H and O–H groups in total. The standard InChI is InChI=1S/C16H17F3N2/c1-12(5-8-20)21-9-6-13(7-10-21)14-3-2-4-15(11-14)16(17,18)19/h2-4,6,11-12H,5,7,9-10H2,1H3. The Morgan fingerprint density at radius 3 is 2.71 bits per heavy atom. The number of halogens is 3. The number of rotatable bonds is 3. The van der Waals surface area contributed by atoms with Crippen LogP contribution in [-0.2, 0) is 6.18 Å². The second-order valence-electron chi connectivity index (χ2n) is 5.26.